The van der Waals surface area contributed by atoms with Crippen molar-refractivity contribution in [3.05, 3.63) is 39.5 Å². The Labute approximate surface area is 120 Å². The Bertz CT molecular complexity index is 742. The van der Waals surface area contributed by atoms with Crippen molar-refractivity contribution in [2.45, 2.75) is 25.3 Å². The maximum absolute atomic E-state index is 12.1. The van der Waals surface area contributed by atoms with Crippen LogP contribution >= 0.6 is 11.3 Å². The summed E-state index contributed by atoms with van der Waals surface area (Å²) in [7, 11) is -3.68. The lowest BCUT2D eigenvalue weighted by Gasteiger charge is -2.05. The molecule has 0 atom stereocenters. The fraction of sp³-hybridized carbons (Fsp3) is 0.250. The standard InChI is InChI=1S/C12H13NO5S2/c1-7-5-11(8(2)19-7)20(16,17)13-6-10-9(12(14)15)3-4-18-10/h3-5,13H,6H2,1-2H3,(H,14,15). The molecule has 0 unspecified atom stereocenters. The molecule has 0 saturated heterocycles. The third kappa shape index (κ3) is 2.92. The Morgan fingerprint density at radius 2 is 2.15 bits per heavy atom. The van der Waals surface area contributed by atoms with Crippen LogP contribution in [0, 0.1) is 13.8 Å². The first-order valence-electron chi connectivity index (χ1n) is 5.67. The molecular formula is C12H13NO5S2. The summed E-state index contributed by atoms with van der Waals surface area (Å²) in [6.45, 7) is 3.35. The highest BCUT2D eigenvalue weighted by Crippen LogP contribution is 2.25. The third-order valence-electron chi connectivity index (χ3n) is 2.68. The Kier molecular flexibility index (Phi) is 3.98. The van der Waals surface area contributed by atoms with E-state index in [1.54, 1.807) is 13.0 Å². The molecule has 0 bridgehead atoms. The van der Waals surface area contributed by atoms with Gasteiger partial charge >= 0.3 is 5.97 Å². The molecular weight excluding hydrogens is 302 g/mol. The lowest BCUT2D eigenvalue weighted by Crippen LogP contribution is -2.24. The molecule has 0 aromatic carbocycles. The van der Waals surface area contributed by atoms with Crippen LogP contribution in [0.1, 0.15) is 25.9 Å². The van der Waals surface area contributed by atoms with Gasteiger partial charge in [-0.25, -0.2) is 17.9 Å². The number of aromatic carboxylic acids is 1. The minimum atomic E-state index is -3.68. The molecule has 0 aliphatic carbocycles. The average Bonchev–Trinajstić information content (AvgIpc) is 2.93. The van der Waals surface area contributed by atoms with Gasteiger partial charge in [0.1, 0.15) is 11.3 Å². The molecule has 2 rings (SSSR count). The molecule has 0 saturated carbocycles. The molecule has 0 fully saturated rings. The molecule has 2 heterocycles. The number of nitrogens with one attached hydrogen (secondary N) is 1. The number of rotatable bonds is 5. The molecule has 0 radical (unpaired) electrons. The smallest absolute Gasteiger partial charge is 0.339 e. The zero-order chi connectivity index (χ0) is 14.9. The van der Waals surface area contributed by atoms with Gasteiger partial charge in [0.15, 0.2) is 0 Å². The first kappa shape index (κ1) is 14.8. The summed E-state index contributed by atoms with van der Waals surface area (Å²) in [6, 6.07) is 2.87. The van der Waals surface area contributed by atoms with E-state index in [0.717, 1.165) is 4.88 Å². The summed E-state index contributed by atoms with van der Waals surface area (Å²) in [4.78, 5) is 12.7. The summed E-state index contributed by atoms with van der Waals surface area (Å²) >= 11 is 1.39. The van der Waals surface area contributed by atoms with Crippen molar-refractivity contribution in [2.75, 3.05) is 0 Å². The molecule has 8 heteroatoms. The van der Waals surface area contributed by atoms with Gasteiger partial charge in [0.2, 0.25) is 10.0 Å². The molecule has 20 heavy (non-hydrogen) atoms. The van der Waals surface area contributed by atoms with E-state index in [0.29, 0.717) is 4.88 Å². The second kappa shape index (κ2) is 5.39. The quantitative estimate of drug-likeness (QED) is 0.881. The highest BCUT2D eigenvalue weighted by Gasteiger charge is 2.21. The van der Waals surface area contributed by atoms with E-state index >= 15 is 0 Å². The van der Waals surface area contributed by atoms with Crippen LogP contribution in [0.15, 0.2) is 27.7 Å². The fourth-order valence-electron chi connectivity index (χ4n) is 1.78. The van der Waals surface area contributed by atoms with E-state index in [4.69, 9.17) is 9.52 Å². The Balaban J connectivity index is 2.20. The zero-order valence-corrected chi connectivity index (χ0v) is 12.5. The summed E-state index contributed by atoms with van der Waals surface area (Å²) in [5.41, 5.74) is -0.0501. The maximum atomic E-state index is 12.1. The van der Waals surface area contributed by atoms with Crippen molar-refractivity contribution in [2.24, 2.45) is 0 Å². The summed E-state index contributed by atoms with van der Waals surface area (Å²) in [5, 5.41) is 8.91. The van der Waals surface area contributed by atoms with E-state index in [-0.39, 0.29) is 22.8 Å². The van der Waals surface area contributed by atoms with Crippen LogP contribution in [0.3, 0.4) is 0 Å². The van der Waals surface area contributed by atoms with E-state index in [1.165, 1.54) is 23.7 Å². The van der Waals surface area contributed by atoms with E-state index < -0.39 is 16.0 Å². The Morgan fingerprint density at radius 3 is 2.70 bits per heavy atom. The van der Waals surface area contributed by atoms with Gasteiger partial charge in [-0.2, -0.15) is 0 Å². The SMILES string of the molecule is Cc1cc(S(=O)(=O)NCc2occc2C(=O)O)c(C)s1. The van der Waals surface area contributed by atoms with Crippen molar-refractivity contribution < 1.29 is 22.7 Å². The largest absolute Gasteiger partial charge is 0.478 e. The molecule has 6 nitrogen and oxygen atoms in total. The number of sulfonamides is 1. The van der Waals surface area contributed by atoms with Crippen LogP contribution in [0.5, 0.6) is 0 Å². The first-order valence-corrected chi connectivity index (χ1v) is 7.97. The van der Waals surface area contributed by atoms with Crippen LogP contribution in [-0.2, 0) is 16.6 Å². The minimum absolute atomic E-state index is 0.0501. The van der Waals surface area contributed by atoms with Gasteiger partial charge in [-0.1, -0.05) is 0 Å². The Morgan fingerprint density at radius 1 is 1.45 bits per heavy atom. The molecule has 0 amide bonds. The fourth-order valence-corrected chi connectivity index (χ4v) is 4.32. The zero-order valence-electron chi connectivity index (χ0n) is 10.8. The van der Waals surface area contributed by atoms with Gasteiger partial charge in [-0.3, -0.25) is 0 Å². The number of hydrogen-bond acceptors (Lipinski definition) is 5. The summed E-state index contributed by atoms with van der Waals surface area (Å²) < 4.78 is 31.6. The van der Waals surface area contributed by atoms with E-state index in [1.807, 2.05) is 6.92 Å². The van der Waals surface area contributed by atoms with Crippen molar-refractivity contribution in [1.82, 2.24) is 4.72 Å². The molecule has 0 aliphatic heterocycles. The lowest BCUT2D eigenvalue weighted by molar-refractivity contribution is 0.0694. The molecule has 2 aromatic rings. The van der Waals surface area contributed by atoms with Gasteiger partial charge in [0.25, 0.3) is 0 Å². The van der Waals surface area contributed by atoms with E-state index in [9.17, 15) is 13.2 Å². The number of aryl methyl sites for hydroxylation is 2. The predicted molar refractivity (Wildman–Crippen MR) is 73.5 cm³/mol. The third-order valence-corrected chi connectivity index (χ3v) is 5.31. The number of carboxylic acids is 1. The highest BCUT2D eigenvalue weighted by molar-refractivity contribution is 7.89. The van der Waals surface area contributed by atoms with Crippen LogP contribution in [-0.4, -0.2) is 19.5 Å². The second-order valence-corrected chi connectivity index (χ2v) is 7.36. The van der Waals surface area contributed by atoms with Crippen molar-refractivity contribution in [3.8, 4) is 0 Å². The van der Waals surface area contributed by atoms with Crippen molar-refractivity contribution >= 4 is 27.3 Å². The summed E-state index contributed by atoms with van der Waals surface area (Å²) in [6.07, 6.45) is 1.22. The molecule has 2 N–H and O–H groups in total. The van der Waals surface area contributed by atoms with Crippen molar-refractivity contribution in [3.63, 3.8) is 0 Å². The topological polar surface area (TPSA) is 96.6 Å². The molecule has 2 aromatic heterocycles. The van der Waals surface area contributed by atoms with Gasteiger partial charge in [-0.15, -0.1) is 11.3 Å². The molecule has 108 valence electrons. The van der Waals surface area contributed by atoms with Gasteiger partial charge < -0.3 is 9.52 Å². The Hall–Kier alpha value is -1.64. The number of hydrogen-bond donors (Lipinski definition) is 2. The first-order chi connectivity index (χ1) is 9.31. The van der Waals surface area contributed by atoms with Gasteiger partial charge in [0.05, 0.1) is 17.7 Å². The van der Waals surface area contributed by atoms with Crippen LogP contribution in [0.2, 0.25) is 0 Å². The number of thiophene rings is 1. The minimum Gasteiger partial charge on any atom is -0.478 e. The van der Waals surface area contributed by atoms with Crippen molar-refractivity contribution in [1.29, 1.82) is 0 Å². The van der Waals surface area contributed by atoms with Crippen LogP contribution < -0.4 is 4.72 Å². The van der Waals surface area contributed by atoms with Gasteiger partial charge in [-0.05, 0) is 26.0 Å². The number of furan rings is 1. The monoisotopic (exact) mass is 315 g/mol. The molecule has 0 aliphatic rings. The van der Waals surface area contributed by atoms with Gasteiger partial charge in [0, 0.05) is 9.75 Å². The highest BCUT2D eigenvalue weighted by atomic mass is 32.2. The molecule has 0 spiro atoms. The van der Waals surface area contributed by atoms with Crippen LogP contribution in [0.4, 0.5) is 0 Å². The maximum Gasteiger partial charge on any atom is 0.339 e. The number of carboxylic acid groups (broad SMARTS) is 1. The predicted octanol–water partition coefficient (Wildman–Crippen LogP) is 2.13. The summed E-state index contributed by atoms with van der Waals surface area (Å²) in [5.74, 6) is -1.08. The normalized spacial score (nSPS) is 11.7. The average molecular weight is 315 g/mol. The number of carbonyl (C=O) groups is 1. The lowest BCUT2D eigenvalue weighted by atomic mass is 10.2. The second-order valence-electron chi connectivity index (χ2n) is 4.16. The van der Waals surface area contributed by atoms with Crippen LogP contribution in [0.25, 0.3) is 0 Å². The van der Waals surface area contributed by atoms with E-state index in [2.05, 4.69) is 4.72 Å².